The third-order valence-electron chi connectivity index (χ3n) is 4.51. The molecule has 1 aliphatic heterocycles. The molecule has 1 saturated heterocycles. The van der Waals surface area contributed by atoms with Crippen molar-refractivity contribution in [2.45, 2.75) is 25.8 Å². The van der Waals surface area contributed by atoms with Gasteiger partial charge in [-0.3, -0.25) is 9.59 Å². The summed E-state index contributed by atoms with van der Waals surface area (Å²) in [6.07, 6.45) is 3.67. The average Bonchev–Trinajstić information content (AvgIpc) is 3.34. The largest absolute Gasteiger partial charge is 0.363 e. The number of nitrogens with zero attached hydrogens (tertiary/aromatic N) is 4. The van der Waals surface area contributed by atoms with Crippen molar-refractivity contribution in [1.82, 2.24) is 14.7 Å². The molecular weight excluding hydrogens is 334 g/mol. The maximum atomic E-state index is 13.0. The van der Waals surface area contributed by atoms with E-state index >= 15 is 0 Å². The summed E-state index contributed by atoms with van der Waals surface area (Å²) in [4.78, 5) is 31.7. The molecule has 1 amide bonds. The number of anilines is 2. The maximum absolute atomic E-state index is 13.0. The molecule has 2 aromatic heterocycles. The summed E-state index contributed by atoms with van der Waals surface area (Å²) in [5.74, 6) is 0.604. The molecule has 0 bridgehead atoms. The van der Waals surface area contributed by atoms with Crippen molar-refractivity contribution in [2.24, 2.45) is 0 Å². The average molecular weight is 353 g/mol. The fourth-order valence-electron chi connectivity index (χ4n) is 3.23. The molecule has 0 spiro atoms. The van der Waals surface area contributed by atoms with Crippen molar-refractivity contribution >= 4 is 28.6 Å². The summed E-state index contributed by atoms with van der Waals surface area (Å²) < 4.78 is 6.33. The lowest BCUT2D eigenvalue weighted by molar-refractivity contribution is -0.116. The lowest BCUT2D eigenvalue weighted by atomic mass is 10.2. The number of hydrogen-bond donors (Lipinski definition) is 1. The second-order valence-electron chi connectivity index (χ2n) is 6.26. The first-order valence-electron chi connectivity index (χ1n) is 8.67. The van der Waals surface area contributed by atoms with Crippen molar-refractivity contribution < 1.29 is 9.32 Å². The fraction of sp³-hybridized carbons (Fsp3) is 0.333. The summed E-state index contributed by atoms with van der Waals surface area (Å²) >= 11 is 0. The van der Waals surface area contributed by atoms with Crippen LogP contribution < -0.4 is 15.8 Å². The van der Waals surface area contributed by atoms with E-state index in [1.807, 2.05) is 29.2 Å². The Labute approximate surface area is 149 Å². The van der Waals surface area contributed by atoms with Gasteiger partial charge in [0.1, 0.15) is 6.26 Å². The minimum atomic E-state index is -0.227. The molecule has 0 radical (unpaired) electrons. The number of carbonyl (C=O) groups excluding carboxylic acids is 1. The number of fused-ring (bicyclic) bond motifs is 1. The first-order valence-corrected chi connectivity index (χ1v) is 8.67. The van der Waals surface area contributed by atoms with E-state index in [1.165, 1.54) is 6.26 Å². The topological polar surface area (TPSA) is 93.3 Å². The lowest BCUT2D eigenvalue weighted by Gasteiger charge is -2.18. The van der Waals surface area contributed by atoms with E-state index in [2.05, 4.69) is 15.5 Å². The molecule has 0 unspecified atom stereocenters. The summed E-state index contributed by atoms with van der Waals surface area (Å²) in [5.41, 5.74) is 1.33. The van der Waals surface area contributed by atoms with Gasteiger partial charge in [-0.15, -0.1) is 0 Å². The molecule has 1 aliphatic rings. The highest BCUT2D eigenvalue weighted by Gasteiger charge is 2.20. The molecule has 3 aromatic rings. The van der Waals surface area contributed by atoms with Crippen LogP contribution in [0.3, 0.4) is 0 Å². The Morgan fingerprint density at radius 1 is 1.19 bits per heavy atom. The van der Waals surface area contributed by atoms with E-state index in [9.17, 15) is 9.59 Å². The zero-order valence-electron chi connectivity index (χ0n) is 14.2. The van der Waals surface area contributed by atoms with Gasteiger partial charge < -0.3 is 19.3 Å². The second kappa shape index (κ2) is 6.99. The van der Waals surface area contributed by atoms with Gasteiger partial charge >= 0.3 is 0 Å². The predicted octanol–water partition coefficient (Wildman–Crippen LogP) is 2.01. The van der Waals surface area contributed by atoms with Crippen LogP contribution in [-0.4, -0.2) is 33.7 Å². The van der Waals surface area contributed by atoms with Gasteiger partial charge in [0, 0.05) is 32.1 Å². The molecule has 8 nitrogen and oxygen atoms in total. The molecule has 0 atom stereocenters. The predicted molar refractivity (Wildman–Crippen MR) is 97.2 cm³/mol. The minimum absolute atomic E-state index is 0.153. The van der Waals surface area contributed by atoms with Crippen LogP contribution in [0.2, 0.25) is 0 Å². The molecule has 4 rings (SSSR count). The van der Waals surface area contributed by atoms with Gasteiger partial charge in [0.25, 0.3) is 5.56 Å². The Hall–Kier alpha value is -3.16. The number of carbonyl (C=O) groups is 1. The Morgan fingerprint density at radius 2 is 2.00 bits per heavy atom. The molecule has 134 valence electrons. The van der Waals surface area contributed by atoms with Gasteiger partial charge in [-0.25, -0.2) is 4.98 Å². The van der Waals surface area contributed by atoms with Crippen molar-refractivity contribution in [3.63, 3.8) is 0 Å². The molecule has 0 saturated carbocycles. The van der Waals surface area contributed by atoms with Crippen molar-refractivity contribution in [1.29, 1.82) is 0 Å². The van der Waals surface area contributed by atoms with E-state index in [0.29, 0.717) is 11.6 Å². The van der Waals surface area contributed by atoms with E-state index in [0.717, 1.165) is 37.0 Å². The molecular formula is C18H19N5O3. The van der Waals surface area contributed by atoms with Crippen LogP contribution in [0.25, 0.3) is 11.0 Å². The summed E-state index contributed by atoms with van der Waals surface area (Å²) in [6.45, 7) is 1.95. The Balaban J connectivity index is 1.63. The first-order chi connectivity index (χ1) is 12.7. The molecule has 1 fully saturated rings. The summed E-state index contributed by atoms with van der Waals surface area (Å²) in [5, 5.41) is 6.30. The first kappa shape index (κ1) is 16.3. The quantitative estimate of drug-likeness (QED) is 0.754. The van der Waals surface area contributed by atoms with Gasteiger partial charge in [-0.05, 0) is 25.0 Å². The molecule has 8 heteroatoms. The number of aryl methyl sites for hydroxylation is 1. The van der Waals surface area contributed by atoms with Crippen LogP contribution in [0.15, 0.2) is 45.9 Å². The van der Waals surface area contributed by atoms with Crippen molar-refractivity contribution in [2.75, 3.05) is 23.3 Å². The number of rotatable bonds is 5. The van der Waals surface area contributed by atoms with Gasteiger partial charge in [0.2, 0.25) is 5.91 Å². The standard InChI is InChI=1S/C18H19N5O3/c24-16(20-15-8-12-26-21-15)7-11-23-14-6-2-1-5-13(14)19-17(18(23)25)22-9-3-4-10-22/h1-2,5-6,8,12H,3-4,7,9-11H2,(H,20,21,24). The number of aromatic nitrogens is 3. The normalized spacial score (nSPS) is 14.1. The van der Waals surface area contributed by atoms with Crippen LogP contribution in [0.4, 0.5) is 11.6 Å². The SMILES string of the molecule is O=C(CCn1c(=O)c(N2CCCC2)nc2ccccc21)Nc1ccon1. The van der Waals surface area contributed by atoms with Crippen molar-refractivity contribution in [3.8, 4) is 0 Å². The molecule has 0 aliphatic carbocycles. The van der Waals surface area contributed by atoms with Crippen LogP contribution in [-0.2, 0) is 11.3 Å². The van der Waals surface area contributed by atoms with Crippen LogP contribution in [0, 0.1) is 0 Å². The number of para-hydroxylation sites is 2. The second-order valence-corrected chi connectivity index (χ2v) is 6.26. The monoisotopic (exact) mass is 353 g/mol. The third kappa shape index (κ3) is 3.17. The Bertz CT molecular complexity index is 974. The number of amides is 1. The number of hydrogen-bond acceptors (Lipinski definition) is 6. The molecule has 1 N–H and O–H groups in total. The summed E-state index contributed by atoms with van der Waals surface area (Å²) in [7, 11) is 0. The van der Waals surface area contributed by atoms with E-state index in [1.54, 1.807) is 10.6 Å². The third-order valence-corrected chi connectivity index (χ3v) is 4.51. The van der Waals surface area contributed by atoms with E-state index in [4.69, 9.17) is 4.52 Å². The highest BCUT2D eigenvalue weighted by molar-refractivity contribution is 5.89. The highest BCUT2D eigenvalue weighted by atomic mass is 16.5. The van der Waals surface area contributed by atoms with Crippen LogP contribution in [0.1, 0.15) is 19.3 Å². The van der Waals surface area contributed by atoms with Gasteiger partial charge in [-0.1, -0.05) is 17.3 Å². The van der Waals surface area contributed by atoms with Gasteiger partial charge in [-0.2, -0.15) is 0 Å². The number of nitrogens with one attached hydrogen (secondary N) is 1. The van der Waals surface area contributed by atoms with Gasteiger partial charge in [0.05, 0.1) is 11.0 Å². The van der Waals surface area contributed by atoms with Crippen molar-refractivity contribution in [3.05, 3.63) is 46.9 Å². The molecule has 1 aromatic carbocycles. The van der Waals surface area contributed by atoms with E-state index in [-0.39, 0.29) is 24.4 Å². The van der Waals surface area contributed by atoms with Crippen LogP contribution >= 0.6 is 0 Å². The maximum Gasteiger partial charge on any atom is 0.294 e. The smallest absolute Gasteiger partial charge is 0.294 e. The highest BCUT2D eigenvalue weighted by Crippen LogP contribution is 2.18. The Kier molecular flexibility index (Phi) is 4.39. The fourth-order valence-corrected chi connectivity index (χ4v) is 3.23. The van der Waals surface area contributed by atoms with Crippen LogP contribution in [0.5, 0.6) is 0 Å². The molecule has 3 heterocycles. The summed E-state index contributed by atoms with van der Waals surface area (Å²) in [6, 6.07) is 9.07. The minimum Gasteiger partial charge on any atom is -0.363 e. The van der Waals surface area contributed by atoms with Gasteiger partial charge in [0.15, 0.2) is 11.6 Å². The zero-order valence-corrected chi connectivity index (χ0v) is 14.2. The Morgan fingerprint density at radius 3 is 2.77 bits per heavy atom. The number of benzene rings is 1. The zero-order chi connectivity index (χ0) is 17.9. The molecule has 26 heavy (non-hydrogen) atoms. The lowest BCUT2D eigenvalue weighted by Crippen LogP contribution is -2.32. The van der Waals surface area contributed by atoms with E-state index < -0.39 is 0 Å².